The van der Waals surface area contributed by atoms with E-state index in [-0.39, 0.29) is 0 Å². The van der Waals surface area contributed by atoms with E-state index in [1.165, 1.54) is 37.7 Å². The molecule has 0 heterocycles. The van der Waals surface area contributed by atoms with Gasteiger partial charge in [-0.25, -0.2) is 0 Å². The van der Waals surface area contributed by atoms with Crippen LogP contribution in [0.1, 0.15) is 51.5 Å². The number of hydrogen-bond acceptors (Lipinski definition) is 0. The van der Waals surface area contributed by atoms with E-state index in [1.807, 2.05) is 12.1 Å². The molecule has 93 valence electrons. The van der Waals surface area contributed by atoms with Crippen molar-refractivity contribution >= 4 is 11.6 Å². The molecule has 1 aromatic rings. The van der Waals surface area contributed by atoms with Crippen molar-refractivity contribution in [1.82, 2.24) is 0 Å². The van der Waals surface area contributed by atoms with Gasteiger partial charge in [-0.1, -0.05) is 56.8 Å². The van der Waals surface area contributed by atoms with Gasteiger partial charge in [-0.3, -0.25) is 0 Å². The van der Waals surface area contributed by atoms with Crippen molar-refractivity contribution in [3.8, 4) is 0 Å². The smallest absolute Gasteiger partial charge is 0.0406 e. The van der Waals surface area contributed by atoms with Gasteiger partial charge in [-0.15, -0.1) is 0 Å². The topological polar surface area (TPSA) is 0 Å². The summed E-state index contributed by atoms with van der Waals surface area (Å²) in [6.07, 6.45) is 6.96. The molecule has 1 radical (unpaired) electrons. The van der Waals surface area contributed by atoms with E-state index >= 15 is 0 Å². The summed E-state index contributed by atoms with van der Waals surface area (Å²) in [5, 5.41) is 0.834. The second-order valence-corrected chi connectivity index (χ2v) is 5.89. The fourth-order valence-electron chi connectivity index (χ4n) is 3.10. The van der Waals surface area contributed by atoms with Gasteiger partial charge >= 0.3 is 0 Å². The van der Waals surface area contributed by atoms with Crippen LogP contribution >= 0.6 is 11.6 Å². The lowest BCUT2D eigenvalue weighted by Crippen LogP contribution is -2.21. The van der Waals surface area contributed by atoms with E-state index in [9.17, 15) is 0 Å². The van der Waals surface area contributed by atoms with Crippen LogP contribution in [0.25, 0.3) is 0 Å². The van der Waals surface area contributed by atoms with Gasteiger partial charge in [0.15, 0.2) is 0 Å². The molecule has 0 amide bonds. The third-order valence-corrected chi connectivity index (χ3v) is 4.10. The molecule has 0 spiro atoms. The van der Waals surface area contributed by atoms with E-state index in [2.05, 4.69) is 26.0 Å². The quantitative estimate of drug-likeness (QED) is 0.664. The summed E-state index contributed by atoms with van der Waals surface area (Å²) in [4.78, 5) is 0. The van der Waals surface area contributed by atoms with Gasteiger partial charge in [0, 0.05) is 10.9 Å². The first-order chi connectivity index (χ1) is 8.18. The van der Waals surface area contributed by atoms with Gasteiger partial charge in [-0.2, -0.15) is 0 Å². The Morgan fingerprint density at radius 1 is 1.06 bits per heavy atom. The predicted molar refractivity (Wildman–Crippen MR) is 75.2 cm³/mol. The average Bonchev–Trinajstić information content (AvgIpc) is 2.33. The number of hydrogen-bond donors (Lipinski definition) is 0. The van der Waals surface area contributed by atoms with Crippen LogP contribution in [0.5, 0.6) is 0 Å². The molecule has 0 saturated heterocycles. The number of halogens is 1. The largest absolute Gasteiger partial charge is 0.0843 e. The molecular formula is C16H22Cl. The van der Waals surface area contributed by atoms with E-state index in [0.717, 1.165) is 10.9 Å². The molecule has 0 bridgehead atoms. The van der Waals surface area contributed by atoms with Crippen LogP contribution in [0.4, 0.5) is 0 Å². The summed E-state index contributed by atoms with van der Waals surface area (Å²) in [5.41, 5.74) is 1.40. The summed E-state index contributed by atoms with van der Waals surface area (Å²) in [6.45, 7) is 4.64. The molecule has 17 heavy (non-hydrogen) atoms. The van der Waals surface area contributed by atoms with Crippen LogP contribution in [-0.2, 0) is 0 Å². The molecule has 0 unspecified atom stereocenters. The number of rotatable bonds is 3. The van der Waals surface area contributed by atoms with Crippen molar-refractivity contribution in [3.63, 3.8) is 0 Å². The summed E-state index contributed by atoms with van der Waals surface area (Å²) in [7, 11) is 0. The van der Waals surface area contributed by atoms with Crippen LogP contribution in [0, 0.1) is 17.8 Å². The third kappa shape index (κ3) is 3.25. The molecule has 0 N–H and O–H groups in total. The van der Waals surface area contributed by atoms with Crippen LogP contribution in [-0.4, -0.2) is 0 Å². The SMILES string of the molecule is CC(C)[C](c1ccc(Cl)cc1)C1CCCCC1. The first-order valence-corrected chi connectivity index (χ1v) is 7.19. The maximum absolute atomic E-state index is 5.97. The molecule has 1 aromatic carbocycles. The monoisotopic (exact) mass is 249 g/mol. The highest BCUT2D eigenvalue weighted by Crippen LogP contribution is 2.39. The Kier molecular flexibility index (Phi) is 4.50. The Hall–Kier alpha value is -0.490. The summed E-state index contributed by atoms with van der Waals surface area (Å²) in [5.74, 6) is 3.07. The predicted octanol–water partition coefficient (Wildman–Crippen LogP) is 5.50. The van der Waals surface area contributed by atoms with Crippen molar-refractivity contribution in [2.45, 2.75) is 46.0 Å². The zero-order valence-electron chi connectivity index (χ0n) is 10.9. The fraction of sp³-hybridized carbons (Fsp3) is 0.562. The molecular weight excluding hydrogens is 228 g/mol. The highest BCUT2D eigenvalue weighted by Gasteiger charge is 2.27. The average molecular weight is 250 g/mol. The standard InChI is InChI=1S/C16H22Cl/c1-12(2)16(13-6-4-3-5-7-13)14-8-10-15(17)11-9-14/h8-13H,3-7H2,1-2H3. The fourth-order valence-corrected chi connectivity index (χ4v) is 3.22. The summed E-state index contributed by atoms with van der Waals surface area (Å²) in [6, 6.07) is 8.41. The van der Waals surface area contributed by atoms with Crippen LogP contribution < -0.4 is 0 Å². The molecule has 1 heteroatoms. The second kappa shape index (κ2) is 5.91. The van der Waals surface area contributed by atoms with Crippen LogP contribution in [0.15, 0.2) is 24.3 Å². The maximum atomic E-state index is 5.97. The van der Waals surface area contributed by atoms with Gasteiger partial charge in [0.05, 0.1) is 0 Å². The molecule has 1 aliphatic carbocycles. The van der Waals surface area contributed by atoms with Gasteiger partial charge in [-0.05, 0) is 42.4 Å². The van der Waals surface area contributed by atoms with Crippen molar-refractivity contribution in [3.05, 3.63) is 40.8 Å². The van der Waals surface area contributed by atoms with Crippen molar-refractivity contribution in [2.75, 3.05) is 0 Å². The van der Waals surface area contributed by atoms with E-state index in [0.29, 0.717) is 5.92 Å². The molecule has 1 fully saturated rings. The molecule has 0 aromatic heterocycles. The Labute approximate surface area is 110 Å². The summed E-state index contributed by atoms with van der Waals surface area (Å²) >= 11 is 5.97. The normalized spacial score (nSPS) is 17.9. The number of benzene rings is 1. The minimum atomic E-state index is 0.638. The molecule has 2 rings (SSSR count). The molecule has 1 saturated carbocycles. The lowest BCUT2D eigenvalue weighted by molar-refractivity contribution is 0.346. The molecule has 0 aliphatic heterocycles. The minimum absolute atomic E-state index is 0.638. The highest BCUT2D eigenvalue weighted by atomic mass is 35.5. The Morgan fingerprint density at radius 2 is 1.65 bits per heavy atom. The van der Waals surface area contributed by atoms with Crippen LogP contribution in [0.3, 0.4) is 0 Å². The minimum Gasteiger partial charge on any atom is -0.0843 e. The lowest BCUT2D eigenvalue weighted by atomic mass is 9.72. The Bertz CT molecular complexity index is 333. The Morgan fingerprint density at radius 3 is 2.18 bits per heavy atom. The zero-order valence-corrected chi connectivity index (χ0v) is 11.6. The van der Waals surface area contributed by atoms with Crippen molar-refractivity contribution in [2.24, 2.45) is 11.8 Å². The van der Waals surface area contributed by atoms with E-state index < -0.39 is 0 Å². The van der Waals surface area contributed by atoms with Gasteiger partial charge in [0.25, 0.3) is 0 Å². The van der Waals surface area contributed by atoms with Crippen LogP contribution in [0.2, 0.25) is 5.02 Å². The zero-order chi connectivity index (χ0) is 12.3. The highest BCUT2D eigenvalue weighted by molar-refractivity contribution is 6.30. The van der Waals surface area contributed by atoms with Crippen molar-refractivity contribution in [1.29, 1.82) is 0 Å². The molecule has 1 aliphatic rings. The molecule has 0 nitrogen and oxygen atoms in total. The third-order valence-electron chi connectivity index (χ3n) is 3.84. The van der Waals surface area contributed by atoms with Gasteiger partial charge < -0.3 is 0 Å². The van der Waals surface area contributed by atoms with Gasteiger partial charge in [0.2, 0.25) is 0 Å². The van der Waals surface area contributed by atoms with E-state index in [1.54, 1.807) is 5.92 Å². The second-order valence-electron chi connectivity index (χ2n) is 5.45. The molecule has 0 atom stereocenters. The lowest BCUT2D eigenvalue weighted by Gasteiger charge is -2.32. The first kappa shape index (κ1) is 13.0. The van der Waals surface area contributed by atoms with Gasteiger partial charge in [0.1, 0.15) is 0 Å². The first-order valence-electron chi connectivity index (χ1n) is 6.81. The Balaban J connectivity index is 2.18. The van der Waals surface area contributed by atoms with Crippen molar-refractivity contribution < 1.29 is 0 Å². The van der Waals surface area contributed by atoms with E-state index in [4.69, 9.17) is 11.6 Å². The summed E-state index contributed by atoms with van der Waals surface area (Å²) < 4.78 is 0. The maximum Gasteiger partial charge on any atom is 0.0406 e.